The maximum Gasteiger partial charge on any atom is 0.163 e. The van der Waals surface area contributed by atoms with E-state index in [0.29, 0.717) is 0 Å². The number of rotatable bonds is 2. The molecule has 0 atom stereocenters. The van der Waals surface area contributed by atoms with Gasteiger partial charge in [0.2, 0.25) is 0 Å². The Morgan fingerprint density at radius 3 is 2.64 bits per heavy atom. The molecule has 2 heterocycles. The van der Waals surface area contributed by atoms with E-state index in [9.17, 15) is 0 Å². The van der Waals surface area contributed by atoms with Crippen molar-refractivity contribution in [2.24, 2.45) is 0 Å². The van der Waals surface area contributed by atoms with Crippen LogP contribution in [0.15, 0.2) is 63.5 Å². The van der Waals surface area contributed by atoms with Crippen molar-refractivity contribution < 1.29 is 4.42 Å². The first-order valence-electron chi connectivity index (χ1n) is 6.93. The van der Waals surface area contributed by atoms with E-state index in [1.807, 2.05) is 30.3 Å². The van der Waals surface area contributed by atoms with E-state index in [-0.39, 0.29) is 0 Å². The number of halogens is 1. The lowest BCUT2D eigenvalue weighted by molar-refractivity contribution is 0.596. The van der Waals surface area contributed by atoms with Crippen molar-refractivity contribution in [1.82, 2.24) is 4.98 Å². The molecule has 0 radical (unpaired) electrons. The summed E-state index contributed by atoms with van der Waals surface area (Å²) in [5.74, 6) is 1.66. The van der Waals surface area contributed by atoms with Crippen LogP contribution in [0.2, 0.25) is 0 Å². The summed E-state index contributed by atoms with van der Waals surface area (Å²) in [6, 6.07) is 18.4. The van der Waals surface area contributed by atoms with Crippen molar-refractivity contribution in [3.8, 4) is 22.1 Å². The number of nitrogens with zero attached hydrogens (tertiary/aromatic N) is 1. The van der Waals surface area contributed by atoms with Crippen LogP contribution in [0.1, 0.15) is 5.56 Å². The second-order valence-electron chi connectivity index (χ2n) is 5.13. The minimum Gasteiger partial charge on any atom is -0.454 e. The highest BCUT2D eigenvalue weighted by molar-refractivity contribution is 9.10. The average molecular weight is 370 g/mol. The van der Waals surface area contributed by atoms with Crippen LogP contribution >= 0.6 is 27.3 Å². The number of aryl methyl sites for hydroxylation is 1. The molecule has 0 aliphatic heterocycles. The standard InChI is InChI=1S/C18H12BrNOS/c1-11-6-7-12(13(19)10-11)15-8-9-16(21-15)18-20-14-4-2-3-5-17(14)22-18/h2-10H,1H3. The van der Waals surface area contributed by atoms with Crippen molar-refractivity contribution in [3.63, 3.8) is 0 Å². The van der Waals surface area contributed by atoms with E-state index < -0.39 is 0 Å². The number of benzene rings is 2. The quantitative estimate of drug-likeness (QED) is 0.414. The summed E-state index contributed by atoms with van der Waals surface area (Å²) >= 11 is 5.25. The summed E-state index contributed by atoms with van der Waals surface area (Å²) in [4.78, 5) is 4.64. The Hall–Kier alpha value is -1.91. The fourth-order valence-corrected chi connectivity index (χ4v) is 4.01. The normalized spacial score (nSPS) is 11.2. The molecule has 0 unspecified atom stereocenters. The molecule has 0 N–H and O–H groups in total. The van der Waals surface area contributed by atoms with Gasteiger partial charge in [0.15, 0.2) is 10.8 Å². The summed E-state index contributed by atoms with van der Waals surface area (Å²) in [5.41, 5.74) is 3.28. The predicted octanol–water partition coefficient (Wildman–Crippen LogP) is 6.29. The molecule has 0 fully saturated rings. The van der Waals surface area contributed by atoms with E-state index >= 15 is 0 Å². The minimum absolute atomic E-state index is 0.809. The highest BCUT2D eigenvalue weighted by Crippen LogP contribution is 2.36. The van der Waals surface area contributed by atoms with Crippen molar-refractivity contribution in [1.29, 1.82) is 0 Å². The fourth-order valence-electron chi connectivity index (χ4n) is 2.40. The number of fused-ring (bicyclic) bond motifs is 1. The third kappa shape index (κ3) is 2.38. The maximum absolute atomic E-state index is 6.02. The fraction of sp³-hybridized carbons (Fsp3) is 0.0556. The summed E-state index contributed by atoms with van der Waals surface area (Å²) in [7, 11) is 0. The van der Waals surface area contributed by atoms with Crippen molar-refractivity contribution in [3.05, 3.63) is 64.6 Å². The highest BCUT2D eigenvalue weighted by Gasteiger charge is 2.13. The number of aromatic nitrogens is 1. The van der Waals surface area contributed by atoms with Crippen LogP contribution < -0.4 is 0 Å². The van der Waals surface area contributed by atoms with Crippen LogP contribution in [0.4, 0.5) is 0 Å². The molecule has 0 spiro atoms. The van der Waals surface area contributed by atoms with Crippen molar-refractivity contribution >= 4 is 37.5 Å². The average Bonchev–Trinajstić information content (AvgIpc) is 3.13. The molecule has 0 saturated carbocycles. The van der Waals surface area contributed by atoms with Crippen LogP contribution in [0.5, 0.6) is 0 Å². The van der Waals surface area contributed by atoms with Crippen molar-refractivity contribution in [2.75, 3.05) is 0 Å². The number of hydrogen-bond acceptors (Lipinski definition) is 3. The molecule has 4 aromatic rings. The van der Waals surface area contributed by atoms with Gasteiger partial charge in [0.1, 0.15) is 5.76 Å². The Labute approximate surface area is 140 Å². The molecular formula is C18H12BrNOS. The third-order valence-electron chi connectivity index (χ3n) is 3.50. The minimum atomic E-state index is 0.809. The van der Waals surface area contributed by atoms with Gasteiger partial charge >= 0.3 is 0 Å². The smallest absolute Gasteiger partial charge is 0.163 e. The highest BCUT2D eigenvalue weighted by atomic mass is 79.9. The molecular weight excluding hydrogens is 358 g/mol. The van der Waals surface area contributed by atoms with Crippen LogP contribution in [-0.4, -0.2) is 4.98 Å². The third-order valence-corrected chi connectivity index (χ3v) is 5.21. The number of thiazole rings is 1. The number of furan rings is 1. The maximum atomic E-state index is 6.02. The van der Waals surface area contributed by atoms with Gasteiger partial charge in [-0.05, 0) is 48.9 Å². The molecule has 22 heavy (non-hydrogen) atoms. The van der Waals surface area contributed by atoms with Gasteiger partial charge in [0.05, 0.1) is 10.2 Å². The van der Waals surface area contributed by atoms with Crippen LogP contribution in [0.3, 0.4) is 0 Å². The summed E-state index contributed by atoms with van der Waals surface area (Å²) in [5, 5.41) is 0.913. The first kappa shape index (κ1) is 13.7. The zero-order valence-corrected chi connectivity index (χ0v) is 14.2. The lowest BCUT2D eigenvalue weighted by Gasteiger charge is -2.02. The summed E-state index contributed by atoms with van der Waals surface area (Å²) in [6.45, 7) is 2.07. The zero-order valence-electron chi connectivity index (χ0n) is 11.8. The molecule has 0 aliphatic rings. The van der Waals surface area contributed by atoms with Crippen molar-refractivity contribution in [2.45, 2.75) is 6.92 Å². The summed E-state index contributed by atoms with van der Waals surface area (Å²) in [6.07, 6.45) is 0. The molecule has 0 amide bonds. The van der Waals surface area contributed by atoms with Gasteiger partial charge in [0.25, 0.3) is 0 Å². The van der Waals surface area contributed by atoms with Crippen LogP contribution in [0, 0.1) is 6.92 Å². The molecule has 4 rings (SSSR count). The van der Waals surface area contributed by atoms with Gasteiger partial charge in [-0.2, -0.15) is 0 Å². The largest absolute Gasteiger partial charge is 0.454 e. The first-order valence-corrected chi connectivity index (χ1v) is 8.54. The van der Waals surface area contributed by atoms with Gasteiger partial charge < -0.3 is 4.42 Å². The van der Waals surface area contributed by atoms with Gasteiger partial charge in [-0.1, -0.05) is 34.1 Å². The number of hydrogen-bond donors (Lipinski definition) is 0. The van der Waals surface area contributed by atoms with Crippen LogP contribution in [-0.2, 0) is 0 Å². The Morgan fingerprint density at radius 2 is 1.82 bits per heavy atom. The molecule has 0 aliphatic carbocycles. The topological polar surface area (TPSA) is 26.0 Å². The van der Waals surface area contributed by atoms with E-state index in [1.54, 1.807) is 11.3 Å². The lowest BCUT2D eigenvalue weighted by Crippen LogP contribution is -1.78. The molecule has 2 nitrogen and oxygen atoms in total. The molecule has 4 heteroatoms. The Morgan fingerprint density at radius 1 is 1.00 bits per heavy atom. The van der Waals surface area contributed by atoms with Gasteiger partial charge in [-0.15, -0.1) is 11.3 Å². The zero-order chi connectivity index (χ0) is 15.1. The molecule has 2 aromatic heterocycles. The summed E-state index contributed by atoms with van der Waals surface area (Å²) < 4.78 is 8.24. The molecule has 0 bridgehead atoms. The Kier molecular flexibility index (Phi) is 3.36. The molecule has 108 valence electrons. The number of para-hydroxylation sites is 1. The van der Waals surface area contributed by atoms with Crippen LogP contribution in [0.25, 0.3) is 32.3 Å². The SMILES string of the molecule is Cc1ccc(-c2ccc(-c3nc4ccccc4s3)o2)c(Br)c1. The van der Waals surface area contributed by atoms with Gasteiger partial charge in [-0.3, -0.25) is 0 Å². The molecule has 0 saturated heterocycles. The van der Waals surface area contributed by atoms with Gasteiger partial charge in [0, 0.05) is 10.0 Å². The monoisotopic (exact) mass is 369 g/mol. The Balaban J connectivity index is 1.77. The predicted molar refractivity (Wildman–Crippen MR) is 95.2 cm³/mol. The second kappa shape index (κ2) is 5.38. The van der Waals surface area contributed by atoms with E-state index in [2.05, 4.69) is 52.1 Å². The van der Waals surface area contributed by atoms with Gasteiger partial charge in [-0.25, -0.2) is 4.98 Å². The van der Waals surface area contributed by atoms with E-state index in [4.69, 9.17) is 4.42 Å². The molecule has 2 aromatic carbocycles. The lowest BCUT2D eigenvalue weighted by atomic mass is 10.1. The van der Waals surface area contributed by atoms with E-state index in [0.717, 1.165) is 32.1 Å². The van der Waals surface area contributed by atoms with E-state index in [1.165, 1.54) is 10.3 Å². The second-order valence-corrected chi connectivity index (χ2v) is 7.02. The Bertz CT molecular complexity index is 937. The first-order chi connectivity index (χ1) is 10.7.